The van der Waals surface area contributed by atoms with Crippen LogP contribution in [-0.4, -0.2) is 6.54 Å². The summed E-state index contributed by atoms with van der Waals surface area (Å²) in [4.78, 5) is 0. The molecule has 106 valence electrons. The molecular weight excluding hydrogens is 324 g/mol. The highest BCUT2D eigenvalue weighted by atomic mass is 79.9. The number of anilines is 1. The van der Waals surface area contributed by atoms with Gasteiger partial charge in [0.1, 0.15) is 0 Å². The molecule has 20 heavy (non-hydrogen) atoms. The Morgan fingerprint density at radius 3 is 2.15 bits per heavy atom. The molecule has 0 bridgehead atoms. The third-order valence-electron chi connectivity index (χ3n) is 3.18. The predicted octanol–water partition coefficient (Wildman–Crippen LogP) is 5.27. The molecule has 0 aliphatic rings. The van der Waals surface area contributed by atoms with Crippen LogP contribution in [0.25, 0.3) is 0 Å². The van der Waals surface area contributed by atoms with Crippen LogP contribution in [0.4, 0.5) is 14.5 Å². The summed E-state index contributed by atoms with van der Waals surface area (Å²) in [5, 5.41) is 2.88. The van der Waals surface area contributed by atoms with Crippen LogP contribution in [0.15, 0.2) is 46.9 Å². The van der Waals surface area contributed by atoms with E-state index in [1.54, 1.807) is 18.2 Å². The fourth-order valence-electron chi connectivity index (χ4n) is 2.17. The molecule has 4 heteroatoms. The van der Waals surface area contributed by atoms with Gasteiger partial charge in [-0.05, 0) is 37.1 Å². The van der Waals surface area contributed by atoms with Gasteiger partial charge in [0.15, 0.2) is 0 Å². The van der Waals surface area contributed by atoms with Gasteiger partial charge in [-0.15, -0.1) is 0 Å². The number of alkyl halides is 2. The third-order valence-corrected chi connectivity index (χ3v) is 3.64. The summed E-state index contributed by atoms with van der Waals surface area (Å²) in [5.41, 5.74) is 2.69. The van der Waals surface area contributed by atoms with Crippen LogP contribution in [0.5, 0.6) is 0 Å². The standard InChI is InChI=1S/C16H16BrF2N/c1-11-8-14(17)9-12(2)15(11)20-10-16(18,19)13-6-4-3-5-7-13/h3-9,20H,10H2,1-2H3. The van der Waals surface area contributed by atoms with Crippen molar-refractivity contribution in [3.05, 3.63) is 63.6 Å². The minimum absolute atomic E-state index is 0.0277. The molecule has 0 atom stereocenters. The van der Waals surface area contributed by atoms with E-state index in [9.17, 15) is 8.78 Å². The lowest BCUT2D eigenvalue weighted by Crippen LogP contribution is -2.25. The van der Waals surface area contributed by atoms with Crippen molar-refractivity contribution in [2.45, 2.75) is 19.8 Å². The van der Waals surface area contributed by atoms with E-state index in [4.69, 9.17) is 0 Å². The Hall–Kier alpha value is -1.42. The molecule has 0 unspecified atom stereocenters. The van der Waals surface area contributed by atoms with Gasteiger partial charge in [0, 0.05) is 15.7 Å². The molecule has 2 rings (SSSR count). The zero-order valence-electron chi connectivity index (χ0n) is 11.4. The van der Waals surface area contributed by atoms with E-state index in [0.29, 0.717) is 0 Å². The molecule has 0 radical (unpaired) electrons. The highest BCUT2D eigenvalue weighted by Crippen LogP contribution is 2.30. The van der Waals surface area contributed by atoms with E-state index in [0.717, 1.165) is 21.3 Å². The van der Waals surface area contributed by atoms with Gasteiger partial charge in [-0.1, -0.05) is 46.3 Å². The first-order valence-electron chi connectivity index (χ1n) is 6.34. The van der Waals surface area contributed by atoms with Crippen LogP contribution in [0.1, 0.15) is 16.7 Å². The Bertz CT molecular complexity index is 574. The van der Waals surface area contributed by atoms with Crippen LogP contribution >= 0.6 is 15.9 Å². The maximum atomic E-state index is 14.1. The lowest BCUT2D eigenvalue weighted by atomic mass is 10.1. The number of rotatable bonds is 4. The van der Waals surface area contributed by atoms with Gasteiger partial charge in [-0.2, -0.15) is 8.78 Å². The van der Waals surface area contributed by atoms with Crippen molar-refractivity contribution >= 4 is 21.6 Å². The molecule has 0 aliphatic heterocycles. The monoisotopic (exact) mass is 339 g/mol. The van der Waals surface area contributed by atoms with E-state index < -0.39 is 12.5 Å². The summed E-state index contributed by atoms with van der Waals surface area (Å²) in [6.07, 6.45) is 0. The largest absolute Gasteiger partial charge is 0.378 e. The van der Waals surface area contributed by atoms with E-state index >= 15 is 0 Å². The summed E-state index contributed by atoms with van der Waals surface area (Å²) >= 11 is 3.40. The summed E-state index contributed by atoms with van der Waals surface area (Å²) < 4.78 is 29.2. The first kappa shape index (κ1) is 15.0. The number of hydrogen-bond acceptors (Lipinski definition) is 1. The predicted molar refractivity (Wildman–Crippen MR) is 82.4 cm³/mol. The molecule has 0 saturated heterocycles. The van der Waals surface area contributed by atoms with Crippen LogP contribution in [0.3, 0.4) is 0 Å². The molecule has 0 spiro atoms. The first-order valence-corrected chi connectivity index (χ1v) is 7.13. The second-order valence-electron chi connectivity index (χ2n) is 4.84. The van der Waals surface area contributed by atoms with Gasteiger partial charge in [0.2, 0.25) is 0 Å². The van der Waals surface area contributed by atoms with Gasteiger partial charge >= 0.3 is 0 Å². The minimum atomic E-state index is -2.90. The van der Waals surface area contributed by atoms with Crippen LogP contribution in [-0.2, 0) is 5.92 Å². The number of nitrogens with one attached hydrogen (secondary N) is 1. The normalized spacial score (nSPS) is 11.4. The topological polar surface area (TPSA) is 12.0 Å². The van der Waals surface area contributed by atoms with E-state index in [2.05, 4.69) is 21.2 Å². The Kier molecular flexibility index (Phi) is 4.43. The van der Waals surface area contributed by atoms with Crippen LogP contribution in [0, 0.1) is 13.8 Å². The Morgan fingerprint density at radius 2 is 1.60 bits per heavy atom. The Balaban J connectivity index is 2.17. The van der Waals surface area contributed by atoms with Crippen molar-refractivity contribution in [2.75, 3.05) is 11.9 Å². The average molecular weight is 340 g/mol. The maximum absolute atomic E-state index is 14.1. The number of aryl methyl sites for hydroxylation is 2. The highest BCUT2D eigenvalue weighted by molar-refractivity contribution is 9.10. The average Bonchev–Trinajstić information content (AvgIpc) is 2.38. The van der Waals surface area contributed by atoms with Gasteiger partial charge in [0.25, 0.3) is 5.92 Å². The SMILES string of the molecule is Cc1cc(Br)cc(C)c1NCC(F)(F)c1ccccc1. The van der Waals surface area contributed by atoms with Crippen molar-refractivity contribution in [1.82, 2.24) is 0 Å². The van der Waals surface area contributed by atoms with Crippen molar-refractivity contribution in [3.63, 3.8) is 0 Å². The van der Waals surface area contributed by atoms with Crippen molar-refractivity contribution in [1.29, 1.82) is 0 Å². The Labute approximate surface area is 126 Å². The van der Waals surface area contributed by atoms with Gasteiger partial charge in [-0.25, -0.2) is 0 Å². The van der Waals surface area contributed by atoms with Crippen LogP contribution < -0.4 is 5.32 Å². The third kappa shape index (κ3) is 3.37. The molecule has 0 heterocycles. The van der Waals surface area contributed by atoms with Gasteiger partial charge < -0.3 is 5.32 Å². The van der Waals surface area contributed by atoms with Crippen molar-refractivity contribution < 1.29 is 8.78 Å². The molecule has 0 fully saturated rings. The number of halogens is 3. The fourth-order valence-corrected chi connectivity index (χ4v) is 2.86. The molecule has 0 aliphatic carbocycles. The van der Waals surface area contributed by atoms with E-state index in [1.165, 1.54) is 12.1 Å². The lowest BCUT2D eigenvalue weighted by Gasteiger charge is -2.20. The summed E-state index contributed by atoms with van der Waals surface area (Å²) in [5.74, 6) is -2.90. The minimum Gasteiger partial charge on any atom is -0.378 e. The number of benzene rings is 2. The second-order valence-corrected chi connectivity index (χ2v) is 5.75. The maximum Gasteiger partial charge on any atom is 0.290 e. The van der Waals surface area contributed by atoms with Crippen molar-refractivity contribution in [2.24, 2.45) is 0 Å². The van der Waals surface area contributed by atoms with Crippen molar-refractivity contribution in [3.8, 4) is 0 Å². The van der Waals surface area contributed by atoms with Gasteiger partial charge in [-0.3, -0.25) is 0 Å². The quantitative estimate of drug-likeness (QED) is 0.799. The number of hydrogen-bond donors (Lipinski definition) is 1. The molecule has 2 aromatic rings. The Morgan fingerprint density at radius 1 is 1.05 bits per heavy atom. The summed E-state index contributed by atoms with van der Waals surface area (Å²) in [7, 11) is 0. The zero-order chi connectivity index (χ0) is 14.8. The van der Waals surface area contributed by atoms with E-state index in [-0.39, 0.29) is 5.56 Å². The zero-order valence-corrected chi connectivity index (χ0v) is 13.0. The molecule has 1 N–H and O–H groups in total. The molecule has 0 aromatic heterocycles. The van der Waals surface area contributed by atoms with E-state index in [1.807, 2.05) is 26.0 Å². The molecule has 2 aromatic carbocycles. The second kappa shape index (κ2) is 5.92. The van der Waals surface area contributed by atoms with Crippen LogP contribution in [0.2, 0.25) is 0 Å². The van der Waals surface area contributed by atoms with Gasteiger partial charge in [0.05, 0.1) is 6.54 Å². The smallest absolute Gasteiger partial charge is 0.290 e. The highest BCUT2D eigenvalue weighted by Gasteiger charge is 2.31. The fraction of sp³-hybridized carbons (Fsp3) is 0.250. The molecule has 1 nitrogen and oxygen atoms in total. The summed E-state index contributed by atoms with van der Waals surface area (Å²) in [6.45, 7) is 3.39. The summed E-state index contributed by atoms with van der Waals surface area (Å²) in [6, 6.07) is 11.7. The first-order chi connectivity index (χ1) is 9.40. The molecular formula is C16H16BrF2N. The lowest BCUT2D eigenvalue weighted by molar-refractivity contribution is 0.0106. The molecule has 0 saturated carbocycles. The molecule has 0 amide bonds.